The predicted octanol–water partition coefficient (Wildman–Crippen LogP) is 3.04. The fraction of sp³-hybridized carbons (Fsp3) is 0.438. The maximum Gasteiger partial charge on any atom is 0.255 e. The monoisotopic (exact) mass is 301 g/mol. The summed E-state index contributed by atoms with van der Waals surface area (Å²) < 4.78 is 0. The minimum atomic E-state index is 0.0867. The molecule has 0 aliphatic carbocycles. The summed E-state index contributed by atoms with van der Waals surface area (Å²) in [5, 5.41) is 3.21. The quantitative estimate of drug-likeness (QED) is 0.856. The molecule has 0 atom stereocenters. The molecule has 21 heavy (non-hydrogen) atoms. The molecule has 0 aromatic carbocycles. The highest BCUT2D eigenvalue weighted by Gasteiger charge is 2.35. The van der Waals surface area contributed by atoms with Crippen LogP contribution in [0.2, 0.25) is 0 Å². The maximum atomic E-state index is 12.5. The van der Waals surface area contributed by atoms with Crippen LogP contribution in [0.1, 0.15) is 40.8 Å². The highest BCUT2D eigenvalue weighted by atomic mass is 32.1. The van der Waals surface area contributed by atoms with E-state index < -0.39 is 0 Å². The van der Waals surface area contributed by atoms with Gasteiger partial charge in [-0.2, -0.15) is 0 Å². The Morgan fingerprint density at radius 3 is 2.62 bits per heavy atom. The number of piperidine rings is 1. The number of carbonyl (C=O) groups is 1. The molecule has 0 unspecified atom stereocenters. The number of amides is 1. The summed E-state index contributed by atoms with van der Waals surface area (Å²) in [6.45, 7) is 5.74. The van der Waals surface area contributed by atoms with Crippen LogP contribution in [0.4, 0.5) is 0 Å². The van der Waals surface area contributed by atoms with E-state index in [2.05, 4.69) is 16.9 Å². The van der Waals surface area contributed by atoms with E-state index in [0.717, 1.165) is 31.6 Å². The first-order chi connectivity index (χ1) is 10.1. The van der Waals surface area contributed by atoms with Crippen molar-refractivity contribution in [2.45, 2.75) is 32.1 Å². The number of hydrogen-bond donors (Lipinski definition) is 0. The maximum absolute atomic E-state index is 12.5. The zero-order chi connectivity index (χ0) is 14.9. The van der Waals surface area contributed by atoms with Gasteiger partial charge >= 0.3 is 0 Å². The van der Waals surface area contributed by atoms with Crippen LogP contribution in [0.15, 0.2) is 29.9 Å². The molecule has 2 aromatic heterocycles. The second kappa shape index (κ2) is 5.56. The lowest BCUT2D eigenvalue weighted by molar-refractivity contribution is 0.0675. The van der Waals surface area contributed by atoms with Gasteiger partial charge in [0.05, 0.1) is 10.6 Å². The molecule has 1 saturated heterocycles. The largest absolute Gasteiger partial charge is 0.339 e. The lowest BCUT2D eigenvalue weighted by atomic mass is 9.81. The summed E-state index contributed by atoms with van der Waals surface area (Å²) in [6.07, 6.45) is 5.46. The Morgan fingerprint density at radius 2 is 2.05 bits per heavy atom. The van der Waals surface area contributed by atoms with E-state index in [0.29, 0.717) is 5.56 Å². The average Bonchev–Trinajstić information content (AvgIpc) is 3.03. The van der Waals surface area contributed by atoms with Gasteiger partial charge in [0.25, 0.3) is 5.91 Å². The molecule has 0 N–H and O–H groups in total. The summed E-state index contributed by atoms with van der Waals surface area (Å²) in [5.41, 5.74) is 1.72. The minimum absolute atomic E-state index is 0.0867. The third-order valence-corrected chi connectivity index (χ3v) is 5.34. The molecule has 0 saturated carbocycles. The highest BCUT2D eigenvalue weighted by molar-refractivity contribution is 7.09. The molecule has 1 aliphatic rings. The molecular formula is C16H19N3OS. The number of hydrogen-bond acceptors (Lipinski definition) is 4. The first-order valence-electron chi connectivity index (χ1n) is 7.20. The fourth-order valence-electron chi connectivity index (χ4n) is 2.72. The smallest absolute Gasteiger partial charge is 0.255 e. The molecule has 0 radical (unpaired) electrons. The Morgan fingerprint density at radius 1 is 1.29 bits per heavy atom. The molecule has 0 bridgehead atoms. The van der Waals surface area contributed by atoms with Gasteiger partial charge < -0.3 is 4.90 Å². The molecule has 3 heterocycles. The van der Waals surface area contributed by atoms with Crippen LogP contribution in [0.3, 0.4) is 0 Å². The average molecular weight is 301 g/mol. The molecule has 3 rings (SSSR count). The van der Waals surface area contributed by atoms with Crippen LogP contribution in [-0.2, 0) is 5.41 Å². The van der Waals surface area contributed by atoms with Crippen molar-refractivity contribution in [2.75, 3.05) is 13.1 Å². The fourth-order valence-corrected chi connectivity index (χ4v) is 3.58. The molecule has 5 heteroatoms. The van der Waals surface area contributed by atoms with Gasteiger partial charge in [0.1, 0.15) is 0 Å². The van der Waals surface area contributed by atoms with Crippen molar-refractivity contribution in [1.82, 2.24) is 14.9 Å². The molecule has 1 aliphatic heterocycles. The van der Waals surface area contributed by atoms with Crippen LogP contribution in [0.25, 0.3) is 0 Å². The van der Waals surface area contributed by atoms with Crippen LogP contribution in [0, 0.1) is 6.92 Å². The van der Waals surface area contributed by atoms with Crippen LogP contribution >= 0.6 is 11.3 Å². The SMILES string of the molecule is Cc1ccc(C(=O)N2CCC(C)(c3nccs3)CC2)cn1. The zero-order valence-corrected chi connectivity index (χ0v) is 13.2. The number of carbonyl (C=O) groups excluding carboxylic acids is 1. The Bertz CT molecular complexity index is 613. The second-order valence-corrected chi connectivity index (χ2v) is 6.77. The minimum Gasteiger partial charge on any atom is -0.339 e. The summed E-state index contributed by atoms with van der Waals surface area (Å²) >= 11 is 1.71. The van der Waals surface area contributed by atoms with Crippen LogP contribution < -0.4 is 0 Å². The molecule has 0 spiro atoms. The lowest BCUT2D eigenvalue weighted by Crippen LogP contribution is -2.43. The van der Waals surface area contributed by atoms with Gasteiger partial charge in [-0.3, -0.25) is 9.78 Å². The van der Waals surface area contributed by atoms with Crippen LogP contribution in [-0.4, -0.2) is 33.9 Å². The summed E-state index contributed by atoms with van der Waals surface area (Å²) in [5.74, 6) is 0.0867. The van der Waals surface area contributed by atoms with Gasteiger partial charge in [0.15, 0.2) is 0 Å². The number of likely N-dealkylation sites (tertiary alicyclic amines) is 1. The predicted molar refractivity (Wildman–Crippen MR) is 83.6 cm³/mol. The van der Waals surface area contributed by atoms with Crippen molar-refractivity contribution < 1.29 is 4.79 Å². The number of aromatic nitrogens is 2. The van der Waals surface area contributed by atoms with Crippen molar-refractivity contribution in [1.29, 1.82) is 0 Å². The first-order valence-corrected chi connectivity index (χ1v) is 8.08. The van der Waals surface area contributed by atoms with E-state index in [4.69, 9.17) is 0 Å². The summed E-state index contributed by atoms with van der Waals surface area (Å²) in [6, 6.07) is 3.75. The van der Waals surface area contributed by atoms with Gasteiger partial charge in [0, 0.05) is 42.0 Å². The molecule has 110 valence electrons. The highest BCUT2D eigenvalue weighted by Crippen LogP contribution is 2.36. The molecule has 2 aromatic rings. The van der Waals surface area contributed by atoms with Gasteiger partial charge in [0.2, 0.25) is 0 Å². The van der Waals surface area contributed by atoms with Gasteiger partial charge in [-0.05, 0) is 31.9 Å². The Kier molecular flexibility index (Phi) is 3.76. The van der Waals surface area contributed by atoms with Crippen molar-refractivity contribution in [3.05, 3.63) is 46.2 Å². The first kappa shape index (κ1) is 14.2. The Balaban J connectivity index is 1.68. The number of nitrogens with zero attached hydrogens (tertiary/aromatic N) is 3. The summed E-state index contributed by atoms with van der Waals surface area (Å²) in [7, 11) is 0. The molecule has 1 amide bonds. The molecule has 4 nitrogen and oxygen atoms in total. The van der Waals surface area contributed by atoms with Crippen molar-refractivity contribution in [3.8, 4) is 0 Å². The van der Waals surface area contributed by atoms with Gasteiger partial charge in [-0.25, -0.2) is 4.98 Å². The lowest BCUT2D eigenvalue weighted by Gasteiger charge is -2.38. The van der Waals surface area contributed by atoms with Crippen LogP contribution in [0.5, 0.6) is 0 Å². The van der Waals surface area contributed by atoms with E-state index in [1.807, 2.05) is 35.5 Å². The molecule has 1 fully saturated rings. The van der Waals surface area contributed by atoms with E-state index >= 15 is 0 Å². The van der Waals surface area contributed by atoms with Crippen molar-refractivity contribution in [2.24, 2.45) is 0 Å². The van der Waals surface area contributed by atoms with Crippen molar-refractivity contribution >= 4 is 17.2 Å². The zero-order valence-electron chi connectivity index (χ0n) is 12.4. The Labute approximate surface area is 128 Å². The van der Waals surface area contributed by atoms with E-state index in [1.165, 1.54) is 5.01 Å². The van der Waals surface area contributed by atoms with E-state index in [9.17, 15) is 4.79 Å². The van der Waals surface area contributed by atoms with E-state index in [-0.39, 0.29) is 11.3 Å². The number of thiazole rings is 1. The third-order valence-electron chi connectivity index (χ3n) is 4.26. The van der Waals surface area contributed by atoms with E-state index in [1.54, 1.807) is 17.5 Å². The third kappa shape index (κ3) is 2.83. The standard InChI is InChI=1S/C16H19N3OS/c1-12-3-4-13(11-18-12)14(20)19-8-5-16(2,6-9-19)15-17-7-10-21-15/h3-4,7,10-11H,5-6,8-9H2,1-2H3. The van der Waals surface area contributed by atoms with Gasteiger partial charge in [-0.1, -0.05) is 6.92 Å². The number of rotatable bonds is 2. The molecular weight excluding hydrogens is 282 g/mol. The topological polar surface area (TPSA) is 46.1 Å². The van der Waals surface area contributed by atoms with Gasteiger partial charge in [-0.15, -0.1) is 11.3 Å². The number of pyridine rings is 1. The van der Waals surface area contributed by atoms with Crippen molar-refractivity contribution in [3.63, 3.8) is 0 Å². The Hall–Kier alpha value is -1.75. The summed E-state index contributed by atoms with van der Waals surface area (Å²) in [4.78, 5) is 23.1. The number of aryl methyl sites for hydroxylation is 1. The second-order valence-electron chi connectivity index (χ2n) is 5.88. The normalized spacial score (nSPS) is 17.7.